The summed E-state index contributed by atoms with van der Waals surface area (Å²) in [6.07, 6.45) is 4.78. The molecule has 25 heavy (non-hydrogen) atoms. The van der Waals surface area contributed by atoms with Crippen LogP contribution in [0.1, 0.15) is 39.0 Å². The van der Waals surface area contributed by atoms with E-state index in [-0.39, 0.29) is 16.7 Å². The summed E-state index contributed by atoms with van der Waals surface area (Å²) < 4.78 is 32.7. The largest absolute Gasteiger partial charge is 0.495 e. The van der Waals surface area contributed by atoms with Gasteiger partial charge in [-0.25, -0.2) is 8.42 Å². The lowest BCUT2D eigenvalue weighted by atomic mass is 10.2. The lowest BCUT2D eigenvalue weighted by molar-refractivity contribution is -0.117. The number of methoxy groups -OCH3 is 1. The Kier molecular flexibility index (Phi) is 5.34. The molecule has 0 bridgehead atoms. The molecule has 1 aliphatic carbocycles. The summed E-state index contributed by atoms with van der Waals surface area (Å²) in [7, 11) is -2.05. The Labute approximate surface area is 149 Å². The van der Waals surface area contributed by atoms with Crippen LogP contribution in [0.2, 0.25) is 0 Å². The van der Waals surface area contributed by atoms with Crippen LogP contribution in [0.25, 0.3) is 0 Å². The molecule has 1 saturated heterocycles. The van der Waals surface area contributed by atoms with E-state index in [1.165, 1.54) is 13.2 Å². The molecule has 1 aromatic carbocycles. The molecule has 0 aromatic heterocycles. The molecule has 1 heterocycles. The van der Waals surface area contributed by atoms with Crippen molar-refractivity contribution in [3.05, 3.63) is 18.2 Å². The highest BCUT2D eigenvalue weighted by molar-refractivity contribution is 7.89. The average Bonchev–Trinajstić information content (AvgIpc) is 3.37. The third-order valence-electron chi connectivity index (χ3n) is 5.08. The second-order valence-electron chi connectivity index (χ2n) is 6.99. The van der Waals surface area contributed by atoms with Crippen LogP contribution in [0.3, 0.4) is 0 Å². The minimum absolute atomic E-state index is 0.00979. The number of nitrogens with one attached hydrogen (secondary N) is 1. The summed E-state index contributed by atoms with van der Waals surface area (Å²) >= 11 is 0. The zero-order valence-corrected chi connectivity index (χ0v) is 15.6. The van der Waals surface area contributed by atoms with Gasteiger partial charge in [0.1, 0.15) is 5.75 Å². The van der Waals surface area contributed by atoms with E-state index in [9.17, 15) is 13.2 Å². The lowest BCUT2D eigenvalue weighted by Gasteiger charge is -2.21. The molecule has 1 aliphatic heterocycles. The summed E-state index contributed by atoms with van der Waals surface area (Å²) in [5, 5.41) is 2.83. The van der Waals surface area contributed by atoms with Crippen molar-refractivity contribution >= 4 is 21.6 Å². The second kappa shape index (κ2) is 7.33. The Morgan fingerprint density at radius 3 is 2.40 bits per heavy atom. The lowest BCUT2D eigenvalue weighted by Crippen LogP contribution is -2.32. The highest BCUT2D eigenvalue weighted by Crippen LogP contribution is 2.39. The first-order chi connectivity index (χ1) is 11.9. The van der Waals surface area contributed by atoms with E-state index in [0.29, 0.717) is 30.4 Å². The molecule has 3 rings (SSSR count). The number of nitrogens with zero attached hydrogens (tertiary/aromatic N) is 1. The standard InChI is InChI=1S/C18H26N2O4S/c1-13-11-15(13)18(21)19-16-12-14(7-8-17(16)24-2)25(22,23)20-9-5-3-4-6-10-20/h7-8,12-13,15H,3-6,9-11H2,1-2H3,(H,19,21). The van der Waals surface area contributed by atoms with Gasteiger partial charge in [-0.15, -0.1) is 0 Å². The van der Waals surface area contributed by atoms with Crippen LogP contribution in [0.15, 0.2) is 23.1 Å². The number of anilines is 1. The number of benzene rings is 1. The van der Waals surface area contributed by atoms with E-state index >= 15 is 0 Å². The molecule has 6 nitrogen and oxygen atoms in total. The van der Waals surface area contributed by atoms with Crippen LogP contribution in [0, 0.1) is 11.8 Å². The molecule has 1 amide bonds. The van der Waals surface area contributed by atoms with Crippen LogP contribution in [-0.4, -0.2) is 38.8 Å². The predicted molar refractivity (Wildman–Crippen MR) is 96.1 cm³/mol. The van der Waals surface area contributed by atoms with E-state index < -0.39 is 10.0 Å². The smallest absolute Gasteiger partial charge is 0.243 e. The van der Waals surface area contributed by atoms with Gasteiger partial charge in [-0.05, 0) is 43.4 Å². The maximum absolute atomic E-state index is 12.9. The van der Waals surface area contributed by atoms with Gasteiger partial charge in [0.2, 0.25) is 15.9 Å². The van der Waals surface area contributed by atoms with Crippen molar-refractivity contribution in [2.45, 2.75) is 43.9 Å². The van der Waals surface area contributed by atoms with Crippen molar-refractivity contribution in [2.75, 3.05) is 25.5 Å². The summed E-state index contributed by atoms with van der Waals surface area (Å²) in [4.78, 5) is 12.4. The molecule has 2 unspecified atom stereocenters. The van der Waals surface area contributed by atoms with Gasteiger partial charge >= 0.3 is 0 Å². The van der Waals surface area contributed by atoms with Crippen molar-refractivity contribution in [3.63, 3.8) is 0 Å². The molecule has 0 spiro atoms. The fourth-order valence-corrected chi connectivity index (χ4v) is 4.83. The Hall–Kier alpha value is -1.60. The minimum atomic E-state index is -3.56. The number of ether oxygens (including phenoxy) is 1. The molecule has 2 fully saturated rings. The average molecular weight is 366 g/mol. The Morgan fingerprint density at radius 2 is 1.84 bits per heavy atom. The Balaban J connectivity index is 1.86. The fourth-order valence-electron chi connectivity index (χ4n) is 3.29. The number of sulfonamides is 1. The van der Waals surface area contributed by atoms with Crippen LogP contribution in [0.4, 0.5) is 5.69 Å². The summed E-state index contributed by atoms with van der Waals surface area (Å²) in [6.45, 7) is 3.13. The van der Waals surface area contributed by atoms with E-state index in [2.05, 4.69) is 5.32 Å². The summed E-state index contributed by atoms with van der Waals surface area (Å²) in [5.41, 5.74) is 0.419. The first kappa shape index (κ1) is 18.2. The molecule has 0 radical (unpaired) electrons. The van der Waals surface area contributed by atoms with Gasteiger partial charge < -0.3 is 10.1 Å². The number of hydrogen-bond acceptors (Lipinski definition) is 4. The van der Waals surface area contributed by atoms with Crippen LogP contribution in [-0.2, 0) is 14.8 Å². The molecule has 138 valence electrons. The molecule has 2 aliphatic rings. The SMILES string of the molecule is COc1ccc(S(=O)(=O)N2CCCCCC2)cc1NC(=O)C1CC1C. The third-order valence-corrected chi connectivity index (χ3v) is 6.97. The quantitative estimate of drug-likeness (QED) is 0.869. The van der Waals surface area contributed by atoms with Gasteiger partial charge in [-0.1, -0.05) is 19.8 Å². The van der Waals surface area contributed by atoms with E-state index in [1.54, 1.807) is 16.4 Å². The molecule has 1 aromatic rings. The normalized spacial score (nSPS) is 24.4. The predicted octanol–water partition coefficient (Wildman–Crippen LogP) is 2.85. The van der Waals surface area contributed by atoms with Crippen molar-refractivity contribution < 1.29 is 17.9 Å². The molecular formula is C18H26N2O4S. The molecule has 7 heteroatoms. The monoisotopic (exact) mass is 366 g/mol. The number of hydrogen-bond donors (Lipinski definition) is 1. The summed E-state index contributed by atoms with van der Waals surface area (Å²) in [6, 6.07) is 4.68. The van der Waals surface area contributed by atoms with Gasteiger partial charge in [-0.2, -0.15) is 4.31 Å². The second-order valence-corrected chi connectivity index (χ2v) is 8.93. The van der Waals surface area contributed by atoms with Gasteiger partial charge in [-0.3, -0.25) is 4.79 Å². The van der Waals surface area contributed by atoms with Crippen LogP contribution in [0.5, 0.6) is 5.75 Å². The Bertz CT molecular complexity index is 739. The summed E-state index contributed by atoms with van der Waals surface area (Å²) in [5.74, 6) is 0.789. The van der Waals surface area contributed by atoms with Crippen molar-refractivity contribution in [1.29, 1.82) is 0 Å². The Morgan fingerprint density at radius 1 is 1.20 bits per heavy atom. The van der Waals surface area contributed by atoms with Gasteiger partial charge in [0.25, 0.3) is 0 Å². The molecule has 1 saturated carbocycles. The van der Waals surface area contributed by atoms with E-state index in [1.807, 2.05) is 6.92 Å². The first-order valence-corrected chi connectivity index (χ1v) is 10.4. The number of rotatable bonds is 5. The van der Waals surface area contributed by atoms with Crippen molar-refractivity contribution in [1.82, 2.24) is 4.31 Å². The molecule has 2 atom stereocenters. The third kappa shape index (κ3) is 3.98. The molecular weight excluding hydrogens is 340 g/mol. The highest BCUT2D eigenvalue weighted by Gasteiger charge is 2.39. The van der Waals surface area contributed by atoms with Gasteiger partial charge in [0, 0.05) is 19.0 Å². The first-order valence-electron chi connectivity index (χ1n) is 8.92. The maximum Gasteiger partial charge on any atom is 0.243 e. The van der Waals surface area contributed by atoms with E-state index in [4.69, 9.17) is 4.74 Å². The van der Waals surface area contributed by atoms with Crippen LogP contribution >= 0.6 is 0 Å². The number of carbonyl (C=O) groups excluding carboxylic acids is 1. The highest BCUT2D eigenvalue weighted by atomic mass is 32.2. The number of amides is 1. The number of carbonyl (C=O) groups is 1. The zero-order chi connectivity index (χ0) is 18.0. The van der Waals surface area contributed by atoms with Gasteiger partial charge in [0.15, 0.2) is 0 Å². The van der Waals surface area contributed by atoms with Crippen molar-refractivity contribution in [2.24, 2.45) is 11.8 Å². The minimum Gasteiger partial charge on any atom is -0.495 e. The fraction of sp³-hybridized carbons (Fsp3) is 0.611. The van der Waals surface area contributed by atoms with Crippen molar-refractivity contribution in [3.8, 4) is 5.75 Å². The maximum atomic E-state index is 12.9. The zero-order valence-electron chi connectivity index (χ0n) is 14.8. The van der Waals surface area contributed by atoms with Crippen LogP contribution < -0.4 is 10.1 Å². The van der Waals surface area contributed by atoms with Gasteiger partial charge in [0.05, 0.1) is 17.7 Å². The molecule has 1 N–H and O–H groups in total. The van der Waals surface area contributed by atoms with E-state index in [0.717, 1.165) is 32.1 Å². The topological polar surface area (TPSA) is 75.7 Å².